The van der Waals surface area contributed by atoms with Crippen molar-refractivity contribution in [3.8, 4) is 16.3 Å². The summed E-state index contributed by atoms with van der Waals surface area (Å²) in [4.78, 5) is 22.0. The number of benzene rings is 2. The fourth-order valence-electron chi connectivity index (χ4n) is 3.77. The number of hydrogen-bond acceptors (Lipinski definition) is 5. The Morgan fingerprint density at radius 1 is 0.935 bits per heavy atom. The highest BCUT2D eigenvalue weighted by atomic mass is 32.1. The largest absolute Gasteiger partial charge is 0.336 e. The van der Waals surface area contributed by atoms with Gasteiger partial charge in [0.15, 0.2) is 0 Å². The van der Waals surface area contributed by atoms with Gasteiger partial charge in [-0.2, -0.15) is 5.10 Å². The van der Waals surface area contributed by atoms with Gasteiger partial charge in [0.05, 0.1) is 23.1 Å². The Balaban J connectivity index is 1.17. The van der Waals surface area contributed by atoms with Gasteiger partial charge in [0.1, 0.15) is 5.01 Å². The molecule has 0 N–H and O–H groups in total. The first-order valence-corrected chi connectivity index (χ1v) is 11.3. The number of hydrogen-bond donors (Lipinski definition) is 0. The second-order valence-electron chi connectivity index (χ2n) is 7.59. The van der Waals surface area contributed by atoms with E-state index >= 15 is 0 Å². The summed E-state index contributed by atoms with van der Waals surface area (Å²) in [5.74, 6) is 0.0434. The Hall–Kier alpha value is -3.29. The van der Waals surface area contributed by atoms with Gasteiger partial charge in [-0.1, -0.05) is 48.5 Å². The zero-order chi connectivity index (χ0) is 21.0. The molecule has 1 aliphatic rings. The van der Waals surface area contributed by atoms with E-state index in [1.165, 1.54) is 0 Å². The lowest BCUT2D eigenvalue weighted by Gasteiger charge is -2.34. The van der Waals surface area contributed by atoms with Gasteiger partial charge in [0.25, 0.3) is 5.91 Å². The predicted octanol–water partition coefficient (Wildman–Crippen LogP) is 3.95. The number of aromatic nitrogens is 3. The minimum atomic E-state index is 0.0434. The number of thiazole rings is 1. The lowest BCUT2D eigenvalue weighted by molar-refractivity contribution is 0.0627. The molecule has 6 nitrogen and oxygen atoms in total. The topological polar surface area (TPSA) is 54.3 Å². The summed E-state index contributed by atoms with van der Waals surface area (Å²) in [7, 11) is 0. The van der Waals surface area contributed by atoms with Crippen LogP contribution in [-0.2, 0) is 6.54 Å². The third kappa shape index (κ3) is 4.42. The summed E-state index contributed by atoms with van der Waals surface area (Å²) >= 11 is 1.68. The molecule has 7 heteroatoms. The van der Waals surface area contributed by atoms with Crippen LogP contribution in [-0.4, -0.2) is 56.7 Å². The summed E-state index contributed by atoms with van der Waals surface area (Å²) in [6.07, 6.45) is 3.46. The molecule has 1 fully saturated rings. The predicted molar refractivity (Wildman–Crippen MR) is 122 cm³/mol. The Kier molecular flexibility index (Phi) is 5.60. The van der Waals surface area contributed by atoms with E-state index in [0.29, 0.717) is 18.7 Å². The van der Waals surface area contributed by atoms with Gasteiger partial charge in [-0.05, 0) is 12.1 Å². The van der Waals surface area contributed by atoms with Crippen LogP contribution in [0.1, 0.15) is 16.1 Å². The van der Waals surface area contributed by atoms with E-state index in [0.717, 1.165) is 41.6 Å². The highest BCUT2D eigenvalue weighted by Gasteiger charge is 2.23. The van der Waals surface area contributed by atoms with Gasteiger partial charge in [0, 0.05) is 49.9 Å². The molecular formula is C24H23N5OS. The minimum Gasteiger partial charge on any atom is -0.336 e. The number of nitrogens with zero attached hydrogens (tertiary/aromatic N) is 5. The van der Waals surface area contributed by atoms with Crippen LogP contribution >= 0.6 is 11.3 Å². The molecule has 1 saturated heterocycles. The van der Waals surface area contributed by atoms with E-state index in [9.17, 15) is 4.79 Å². The Morgan fingerprint density at radius 3 is 2.39 bits per heavy atom. The van der Waals surface area contributed by atoms with E-state index in [4.69, 9.17) is 4.98 Å². The quantitative estimate of drug-likeness (QED) is 0.482. The second kappa shape index (κ2) is 8.83. The smallest absolute Gasteiger partial charge is 0.257 e. The first-order valence-electron chi connectivity index (χ1n) is 10.4. The third-order valence-electron chi connectivity index (χ3n) is 5.47. The summed E-state index contributed by atoms with van der Waals surface area (Å²) < 4.78 is 1.75. The summed E-state index contributed by atoms with van der Waals surface area (Å²) in [5, 5.41) is 7.54. The molecule has 5 rings (SSSR count). The van der Waals surface area contributed by atoms with E-state index in [-0.39, 0.29) is 5.91 Å². The van der Waals surface area contributed by atoms with Gasteiger partial charge < -0.3 is 4.90 Å². The molecule has 2 aromatic heterocycles. The van der Waals surface area contributed by atoms with Crippen molar-refractivity contribution in [3.63, 3.8) is 0 Å². The van der Waals surface area contributed by atoms with Gasteiger partial charge >= 0.3 is 0 Å². The molecule has 1 aliphatic heterocycles. The van der Waals surface area contributed by atoms with Gasteiger partial charge in [-0.15, -0.1) is 11.3 Å². The normalized spacial score (nSPS) is 14.6. The first-order chi connectivity index (χ1) is 15.3. The molecule has 0 saturated carbocycles. The van der Waals surface area contributed by atoms with Crippen LogP contribution in [0.4, 0.5) is 0 Å². The highest BCUT2D eigenvalue weighted by Crippen LogP contribution is 2.24. The average molecular weight is 430 g/mol. The highest BCUT2D eigenvalue weighted by molar-refractivity contribution is 7.13. The van der Waals surface area contributed by atoms with Crippen LogP contribution in [0.2, 0.25) is 0 Å². The molecule has 0 unspecified atom stereocenters. The zero-order valence-electron chi connectivity index (χ0n) is 17.1. The molecular weight excluding hydrogens is 406 g/mol. The van der Waals surface area contributed by atoms with Crippen molar-refractivity contribution in [1.82, 2.24) is 24.6 Å². The molecule has 2 aromatic carbocycles. The Morgan fingerprint density at radius 2 is 1.65 bits per heavy atom. The Labute approximate surface area is 185 Å². The van der Waals surface area contributed by atoms with Crippen molar-refractivity contribution in [2.75, 3.05) is 26.2 Å². The van der Waals surface area contributed by atoms with Gasteiger partial charge in [-0.3, -0.25) is 9.69 Å². The van der Waals surface area contributed by atoms with Crippen molar-refractivity contribution in [2.24, 2.45) is 0 Å². The average Bonchev–Trinajstić information content (AvgIpc) is 3.51. The van der Waals surface area contributed by atoms with E-state index in [2.05, 4.69) is 27.5 Å². The monoisotopic (exact) mass is 429 g/mol. The lowest BCUT2D eigenvalue weighted by atomic mass is 10.2. The standard InChI is InChI=1S/C24H23N5OS/c30-24(20-15-25-29(16-20)22-9-5-2-6-10-22)28-13-11-27(12-14-28)17-21-18-31-23(26-21)19-7-3-1-4-8-19/h1-10,15-16,18H,11-14,17H2. The number of amides is 1. The molecule has 4 aromatic rings. The minimum absolute atomic E-state index is 0.0434. The first kappa shape index (κ1) is 19.7. The number of piperazine rings is 1. The number of carbonyl (C=O) groups excluding carboxylic acids is 1. The van der Waals surface area contributed by atoms with Crippen LogP contribution < -0.4 is 0 Å². The molecule has 0 atom stereocenters. The fourth-order valence-corrected chi connectivity index (χ4v) is 4.59. The van der Waals surface area contributed by atoms with E-state index in [1.807, 2.05) is 59.6 Å². The molecule has 31 heavy (non-hydrogen) atoms. The maximum absolute atomic E-state index is 12.9. The fraction of sp³-hybridized carbons (Fsp3) is 0.208. The molecule has 0 aliphatic carbocycles. The maximum atomic E-state index is 12.9. The van der Waals surface area contributed by atoms with Crippen LogP contribution in [0, 0.1) is 0 Å². The Bertz CT molecular complexity index is 1150. The van der Waals surface area contributed by atoms with Crippen molar-refractivity contribution < 1.29 is 4.79 Å². The van der Waals surface area contributed by atoms with Crippen LogP contribution in [0.15, 0.2) is 78.4 Å². The van der Waals surface area contributed by atoms with Crippen LogP contribution in [0.5, 0.6) is 0 Å². The number of rotatable bonds is 5. The van der Waals surface area contributed by atoms with Gasteiger partial charge in [-0.25, -0.2) is 9.67 Å². The zero-order valence-corrected chi connectivity index (χ0v) is 17.9. The molecule has 1 amide bonds. The second-order valence-corrected chi connectivity index (χ2v) is 8.45. The lowest BCUT2D eigenvalue weighted by Crippen LogP contribution is -2.48. The molecule has 0 radical (unpaired) electrons. The number of para-hydroxylation sites is 1. The molecule has 0 bridgehead atoms. The summed E-state index contributed by atoms with van der Waals surface area (Å²) in [5.41, 5.74) is 3.83. The van der Waals surface area contributed by atoms with Crippen molar-refractivity contribution in [2.45, 2.75) is 6.54 Å². The summed E-state index contributed by atoms with van der Waals surface area (Å²) in [6.45, 7) is 3.93. The third-order valence-corrected chi connectivity index (χ3v) is 6.41. The van der Waals surface area contributed by atoms with E-state index < -0.39 is 0 Å². The van der Waals surface area contributed by atoms with Crippen molar-refractivity contribution in [1.29, 1.82) is 0 Å². The molecule has 156 valence electrons. The number of carbonyl (C=O) groups is 1. The molecule has 3 heterocycles. The van der Waals surface area contributed by atoms with Gasteiger partial charge in [0.2, 0.25) is 0 Å². The van der Waals surface area contributed by atoms with E-state index in [1.54, 1.807) is 22.2 Å². The van der Waals surface area contributed by atoms with Crippen molar-refractivity contribution in [3.05, 3.63) is 89.7 Å². The summed E-state index contributed by atoms with van der Waals surface area (Å²) in [6, 6.07) is 20.1. The maximum Gasteiger partial charge on any atom is 0.257 e. The van der Waals surface area contributed by atoms with Crippen LogP contribution in [0.25, 0.3) is 16.3 Å². The van der Waals surface area contributed by atoms with Crippen molar-refractivity contribution >= 4 is 17.2 Å². The van der Waals surface area contributed by atoms with Crippen LogP contribution in [0.3, 0.4) is 0 Å². The SMILES string of the molecule is O=C(c1cnn(-c2ccccc2)c1)N1CCN(Cc2csc(-c3ccccc3)n2)CC1. The molecule has 0 spiro atoms.